The van der Waals surface area contributed by atoms with Crippen LogP contribution in [0.4, 0.5) is 0 Å². The number of allylic oxidation sites excluding steroid dienone is 11. The van der Waals surface area contributed by atoms with Crippen LogP contribution < -0.4 is 5.73 Å². The van der Waals surface area contributed by atoms with Crippen molar-refractivity contribution in [1.82, 2.24) is 0 Å². The number of carboxylic acids is 1. The Hall–Kier alpha value is -3.12. The molecule has 0 aromatic heterocycles. The van der Waals surface area contributed by atoms with E-state index in [9.17, 15) is 28.9 Å². The molecule has 0 amide bonds. The summed E-state index contributed by atoms with van der Waals surface area (Å²) in [5, 5.41) is 19.1. The molecule has 0 radical (unpaired) electrons. The number of phosphoric acid groups is 1. The molecule has 0 saturated carbocycles. The first-order valence-corrected chi connectivity index (χ1v) is 22.6. The van der Waals surface area contributed by atoms with Gasteiger partial charge in [-0.2, -0.15) is 0 Å². The van der Waals surface area contributed by atoms with Gasteiger partial charge in [0, 0.05) is 12.8 Å². The number of hydrogen-bond acceptors (Lipinski definition) is 10. The molecule has 0 aliphatic rings. The van der Waals surface area contributed by atoms with Crippen molar-refractivity contribution in [3.8, 4) is 0 Å². The van der Waals surface area contributed by atoms with Gasteiger partial charge >= 0.3 is 25.7 Å². The minimum absolute atomic E-state index is 0.0139. The average Bonchev–Trinajstić information content (AvgIpc) is 3.18. The van der Waals surface area contributed by atoms with Gasteiger partial charge < -0.3 is 30.3 Å². The monoisotopic (exact) mass is 823 g/mol. The standard InChI is InChI=1S/C44H74NO11P/c1-3-5-7-9-11-13-15-17-18-20-22-24-26-28-30-34-43(48)56-40(37-54-57(51,52)55-38-41(45)44(49)50)36-53-42(47)35-31-33-39(46)32-29-27-25-23-21-19-16-14-12-10-8-6-4-2/h6,8,12,14,17-19,21,25,27,29,32,39-41,46H,3-5,7,9-11,13,15-16,20,22-24,26,28,30-31,33-38,45H2,1-2H3,(H,49,50)(H,51,52)/b8-6-,14-12-,18-17-,21-19-,27-25-,32-29+/t39?,40-,41+/m1/s1. The summed E-state index contributed by atoms with van der Waals surface area (Å²) in [4.78, 5) is 45.9. The van der Waals surface area contributed by atoms with Gasteiger partial charge in [-0.3, -0.25) is 23.4 Å². The number of esters is 2. The molecular formula is C44H74NO11P. The fraction of sp³-hybridized carbons (Fsp3) is 0.659. The SMILES string of the molecule is CC/C=C\C/C=C\C/C=C\C/C=C\C=C\C(O)CCCC(=O)OC[C@H](COP(=O)(O)OC[C@H](N)C(=O)O)OC(=O)CCCCCCC/C=C\CCCCCCCC. The van der Waals surface area contributed by atoms with E-state index in [1.807, 2.05) is 12.2 Å². The third-order valence-electron chi connectivity index (χ3n) is 8.54. The molecule has 0 rings (SSSR count). The maximum atomic E-state index is 12.6. The summed E-state index contributed by atoms with van der Waals surface area (Å²) >= 11 is 0. The van der Waals surface area contributed by atoms with Gasteiger partial charge in [-0.1, -0.05) is 138 Å². The first-order chi connectivity index (χ1) is 27.5. The van der Waals surface area contributed by atoms with Crippen LogP contribution in [0.15, 0.2) is 72.9 Å². The van der Waals surface area contributed by atoms with Crippen LogP contribution >= 0.6 is 7.82 Å². The smallest absolute Gasteiger partial charge is 0.472 e. The number of aliphatic carboxylic acids is 1. The van der Waals surface area contributed by atoms with Crippen molar-refractivity contribution in [3.05, 3.63) is 72.9 Å². The van der Waals surface area contributed by atoms with E-state index in [-0.39, 0.29) is 12.8 Å². The topological polar surface area (TPSA) is 192 Å². The molecule has 0 aliphatic heterocycles. The fourth-order valence-corrected chi connectivity index (χ4v) is 5.98. The van der Waals surface area contributed by atoms with E-state index in [4.69, 9.17) is 24.8 Å². The van der Waals surface area contributed by atoms with Crippen molar-refractivity contribution in [3.63, 3.8) is 0 Å². The number of carbonyl (C=O) groups is 3. The van der Waals surface area contributed by atoms with E-state index in [1.54, 1.807) is 12.2 Å². The second-order valence-electron chi connectivity index (χ2n) is 13.9. The summed E-state index contributed by atoms with van der Waals surface area (Å²) < 4.78 is 32.5. The quantitative estimate of drug-likeness (QED) is 0.0152. The van der Waals surface area contributed by atoms with Crippen LogP contribution in [0, 0.1) is 0 Å². The van der Waals surface area contributed by atoms with Gasteiger partial charge in [0.25, 0.3) is 0 Å². The Labute approximate surface area is 343 Å². The Morgan fingerprint density at radius 3 is 1.81 bits per heavy atom. The maximum absolute atomic E-state index is 12.6. The highest BCUT2D eigenvalue weighted by molar-refractivity contribution is 7.47. The highest BCUT2D eigenvalue weighted by Crippen LogP contribution is 2.43. The summed E-state index contributed by atoms with van der Waals surface area (Å²) in [6, 6.07) is -1.55. The molecule has 57 heavy (non-hydrogen) atoms. The number of aliphatic hydroxyl groups is 1. The van der Waals surface area contributed by atoms with E-state index in [2.05, 4.69) is 67.0 Å². The van der Waals surface area contributed by atoms with E-state index in [0.29, 0.717) is 19.3 Å². The number of aliphatic hydroxyl groups excluding tert-OH is 1. The molecule has 5 N–H and O–H groups in total. The number of ether oxygens (including phenoxy) is 2. The van der Waals surface area contributed by atoms with Crippen molar-refractivity contribution in [2.24, 2.45) is 5.73 Å². The Bertz CT molecular complexity index is 1260. The first-order valence-electron chi connectivity index (χ1n) is 21.1. The number of phosphoric ester groups is 1. The van der Waals surface area contributed by atoms with Crippen LogP contribution in [-0.2, 0) is 37.5 Å². The number of carboxylic acid groups (broad SMARTS) is 1. The molecule has 0 spiro atoms. The number of carbonyl (C=O) groups excluding carboxylic acids is 2. The molecule has 0 aliphatic carbocycles. The molecule has 0 fully saturated rings. The van der Waals surface area contributed by atoms with Crippen molar-refractivity contribution in [2.45, 2.75) is 167 Å². The van der Waals surface area contributed by atoms with E-state index in [0.717, 1.165) is 64.2 Å². The van der Waals surface area contributed by atoms with Crippen molar-refractivity contribution in [1.29, 1.82) is 0 Å². The van der Waals surface area contributed by atoms with Gasteiger partial charge in [0.1, 0.15) is 12.6 Å². The summed E-state index contributed by atoms with van der Waals surface area (Å²) in [7, 11) is -4.77. The van der Waals surface area contributed by atoms with Gasteiger partial charge in [-0.05, 0) is 70.6 Å². The zero-order valence-electron chi connectivity index (χ0n) is 34.8. The third kappa shape index (κ3) is 38.2. The summed E-state index contributed by atoms with van der Waals surface area (Å²) in [5.41, 5.74) is 5.32. The van der Waals surface area contributed by atoms with Crippen LogP contribution in [0.5, 0.6) is 0 Å². The average molecular weight is 824 g/mol. The minimum Gasteiger partial charge on any atom is -0.480 e. The predicted molar refractivity (Wildman–Crippen MR) is 227 cm³/mol. The molecule has 2 unspecified atom stereocenters. The molecule has 4 atom stereocenters. The van der Waals surface area contributed by atoms with Crippen LogP contribution in [0.1, 0.15) is 149 Å². The third-order valence-corrected chi connectivity index (χ3v) is 9.49. The zero-order valence-corrected chi connectivity index (χ0v) is 35.7. The lowest BCUT2D eigenvalue weighted by Gasteiger charge is -2.20. The molecule has 0 aromatic carbocycles. The Kier molecular flexibility index (Phi) is 36.3. The van der Waals surface area contributed by atoms with Gasteiger partial charge in [0.15, 0.2) is 6.10 Å². The van der Waals surface area contributed by atoms with Gasteiger partial charge in [0.05, 0.1) is 19.3 Å². The molecule has 0 bridgehead atoms. The number of rotatable bonds is 38. The predicted octanol–water partition coefficient (Wildman–Crippen LogP) is 9.92. The van der Waals surface area contributed by atoms with Crippen LogP contribution in [0.2, 0.25) is 0 Å². The molecule has 12 nitrogen and oxygen atoms in total. The van der Waals surface area contributed by atoms with Crippen molar-refractivity contribution in [2.75, 3.05) is 19.8 Å². The van der Waals surface area contributed by atoms with Gasteiger partial charge in [0.2, 0.25) is 0 Å². The molecular weight excluding hydrogens is 749 g/mol. The van der Waals surface area contributed by atoms with Crippen molar-refractivity contribution >= 4 is 25.7 Å². The maximum Gasteiger partial charge on any atom is 0.472 e. The molecule has 0 aromatic rings. The molecule has 326 valence electrons. The Morgan fingerprint density at radius 2 is 1.19 bits per heavy atom. The molecule has 13 heteroatoms. The van der Waals surface area contributed by atoms with E-state index < -0.39 is 63.8 Å². The van der Waals surface area contributed by atoms with Crippen molar-refractivity contribution < 1.29 is 52.6 Å². The van der Waals surface area contributed by atoms with Crippen LogP contribution in [-0.4, -0.2) is 71.1 Å². The lowest BCUT2D eigenvalue weighted by atomic mass is 10.1. The van der Waals surface area contributed by atoms with Crippen LogP contribution in [0.25, 0.3) is 0 Å². The Balaban J connectivity index is 4.61. The molecule has 0 heterocycles. The van der Waals surface area contributed by atoms with Gasteiger partial charge in [-0.15, -0.1) is 0 Å². The Morgan fingerprint density at radius 1 is 0.649 bits per heavy atom. The number of unbranched alkanes of at least 4 members (excludes halogenated alkanes) is 11. The summed E-state index contributed by atoms with van der Waals surface area (Å²) in [5.74, 6) is -2.62. The molecule has 0 saturated heterocycles. The normalized spacial score (nSPS) is 15.0. The number of nitrogens with two attached hydrogens (primary N) is 1. The first kappa shape index (κ1) is 53.9. The lowest BCUT2D eigenvalue weighted by molar-refractivity contribution is -0.161. The summed E-state index contributed by atoms with van der Waals surface area (Å²) in [6.07, 6.45) is 41.4. The van der Waals surface area contributed by atoms with E-state index in [1.165, 1.54) is 38.5 Å². The largest absolute Gasteiger partial charge is 0.480 e. The van der Waals surface area contributed by atoms with Crippen LogP contribution in [0.3, 0.4) is 0 Å². The highest BCUT2D eigenvalue weighted by atomic mass is 31.2. The van der Waals surface area contributed by atoms with Gasteiger partial charge in [-0.25, -0.2) is 4.57 Å². The summed E-state index contributed by atoms with van der Waals surface area (Å²) in [6.45, 7) is 2.45. The number of hydrogen-bond donors (Lipinski definition) is 4. The fourth-order valence-electron chi connectivity index (χ4n) is 5.20. The van der Waals surface area contributed by atoms with E-state index >= 15 is 0 Å². The highest BCUT2D eigenvalue weighted by Gasteiger charge is 2.28. The second-order valence-corrected chi connectivity index (χ2v) is 15.4. The lowest BCUT2D eigenvalue weighted by Crippen LogP contribution is -2.34. The minimum atomic E-state index is -4.77. The zero-order chi connectivity index (χ0) is 42.2. The second kappa shape index (κ2) is 38.4.